The van der Waals surface area contributed by atoms with Gasteiger partial charge >= 0.3 is 0 Å². The molecule has 2 heteroatoms. The van der Waals surface area contributed by atoms with Crippen LogP contribution < -0.4 is 4.74 Å². The van der Waals surface area contributed by atoms with Crippen LogP contribution in [0.4, 0.5) is 0 Å². The zero-order chi connectivity index (χ0) is 14.4. The first-order valence-electron chi connectivity index (χ1n) is 6.61. The highest BCUT2D eigenvalue weighted by Gasteiger charge is 2.02. The van der Waals surface area contributed by atoms with E-state index in [0.29, 0.717) is 0 Å². The minimum absolute atomic E-state index is 0.855. The molecule has 102 valence electrons. The van der Waals surface area contributed by atoms with Crippen molar-refractivity contribution in [2.75, 3.05) is 7.11 Å². The van der Waals surface area contributed by atoms with Crippen LogP contribution >= 0.6 is 0 Å². The molecule has 2 rings (SSSR count). The molecule has 0 aliphatic heterocycles. The molecule has 0 aromatic heterocycles. The van der Waals surface area contributed by atoms with E-state index >= 15 is 0 Å². The molecule has 0 spiro atoms. The Labute approximate surface area is 120 Å². The summed E-state index contributed by atoms with van der Waals surface area (Å²) in [7, 11) is 1.67. The summed E-state index contributed by atoms with van der Waals surface area (Å²) in [6.07, 6.45) is 1.90. The molecule has 0 N–H and O–H groups in total. The molecule has 0 atom stereocenters. The Bertz CT molecular complexity index is 606. The maximum Gasteiger partial charge on any atom is 0.118 e. The summed E-state index contributed by atoms with van der Waals surface area (Å²) in [5, 5.41) is 0. The van der Waals surface area contributed by atoms with Crippen molar-refractivity contribution >= 4 is 11.9 Å². The van der Waals surface area contributed by atoms with Gasteiger partial charge in [0.1, 0.15) is 5.75 Å². The van der Waals surface area contributed by atoms with Crippen molar-refractivity contribution in [3.63, 3.8) is 0 Å². The highest BCUT2D eigenvalue weighted by atomic mass is 16.5. The van der Waals surface area contributed by atoms with Crippen molar-refractivity contribution in [1.29, 1.82) is 0 Å². The van der Waals surface area contributed by atoms with E-state index in [2.05, 4.69) is 18.8 Å². The van der Waals surface area contributed by atoms with Crippen molar-refractivity contribution in [2.45, 2.75) is 13.8 Å². The largest absolute Gasteiger partial charge is 0.497 e. The number of benzene rings is 2. The molecule has 0 fully saturated rings. The van der Waals surface area contributed by atoms with Gasteiger partial charge < -0.3 is 4.74 Å². The van der Waals surface area contributed by atoms with Gasteiger partial charge in [0.15, 0.2) is 0 Å². The van der Waals surface area contributed by atoms with Gasteiger partial charge in [0.2, 0.25) is 0 Å². The first-order valence-corrected chi connectivity index (χ1v) is 6.61. The Morgan fingerprint density at radius 1 is 0.950 bits per heavy atom. The molecule has 20 heavy (non-hydrogen) atoms. The number of nitrogens with zero attached hydrogens (tertiary/aromatic N) is 1. The lowest BCUT2D eigenvalue weighted by molar-refractivity contribution is 0.415. The number of hydrogen-bond acceptors (Lipinski definition) is 2. The average molecular weight is 265 g/mol. The fourth-order valence-corrected chi connectivity index (χ4v) is 1.92. The van der Waals surface area contributed by atoms with E-state index < -0.39 is 0 Å². The lowest BCUT2D eigenvalue weighted by atomic mass is 10.1. The van der Waals surface area contributed by atoms with Gasteiger partial charge in [-0.15, -0.1) is 0 Å². The van der Waals surface area contributed by atoms with Crippen LogP contribution in [0.15, 0.2) is 65.2 Å². The lowest BCUT2D eigenvalue weighted by Crippen LogP contribution is -1.88. The number of aliphatic imine (C=N–C) groups is 1. The van der Waals surface area contributed by atoms with Gasteiger partial charge in [0, 0.05) is 11.8 Å². The minimum atomic E-state index is 0.855. The molecule has 0 saturated heterocycles. The average Bonchev–Trinajstić information content (AvgIpc) is 2.49. The molecule has 2 aromatic carbocycles. The first-order chi connectivity index (χ1) is 9.70. The second kappa shape index (κ2) is 6.71. The quantitative estimate of drug-likeness (QED) is 0.742. The highest BCUT2D eigenvalue weighted by Crippen LogP contribution is 2.22. The number of ether oxygens (including phenoxy) is 1. The molecule has 0 saturated carbocycles. The third-order valence-electron chi connectivity index (χ3n) is 2.98. The van der Waals surface area contributed by atoms with Crippen LogP contribution in [0, 0.1) is 0 Å². The summed E-state index contributed by atoms with van der Waals surface area (Å²) in [4.78, 5) is 4.63. The van der Waals surface area contributed by atoms with Crippen molar-refractivity contribution < 1.29 is 4.74 Å². The molecule has 0 aliphatic rings. The third-order valence-corrected chi connectivity index (χ3v) is 2.98. The van der Waals surface area contributed by atoms with Gasteiger partial charge in [-0.25, -0.2) is 0 Å². The second-order valence-corrected chi connectivity index (χ2v) is 4.75. The number of allylic oxidation sites excluding steroid dienone is 1. The van der Waals surface area contributed by atoms with Crippen LogP contribution in [0.1, 0.15) is 25.0 Å². The summed E-state index contributed by atoms with van der Waals surface area (Å²) in [5.74, 6) is 0.855. The van der Waals surface area contributed by atoms with Crippen LogP contribution in [0.2, 0.25) is 0 Å². The van der Waals surface area contributed by atoms with E-state index in [1.165, 1.54) is 5.57 Å². The summed E-state index contributed by atoms with van der Waals surface area (Å²) >= 11 is 0. The van der Waals surface area contributed by atoms with Gasteiger partial charge in [-0.05, 0) is 43.7 Å². The van der Waals surface area contributed by atoms with Crippen LogP contribution in [-0.4, -0.2) is 13.3 Å². The maximum absolute atomic E-state index is 5.18. The zero-order valence-electron chi connectivity index (χ0n) is 12.1. The Kier molecular flexibility index (Phi) is 4.72. The van der Waals surface area contributed by atoms with Crippen molar-refractivity contribution in [2.24, 2.45) is 4.99 Å². The molecular weight excluding hydrogens is 246 g/mol. The van der Waals surface area contributed by atoms with Gasteiger partial charge in [0.25, 0.3) is 0 Å². The molecule has 0 heterocycles. The topological polar surface area (TPSA) is 21.6 Å². The standard InChI is InChI=1S/C18H19NO/c1-14(2)18(16-9-11-17(20-3)12-10-16)19-13-15-7-5-4-6-8-15/h4-13H,1-3H3. The van der Waals surface area contributed by atoms with Crippen molar-refractivity contribution in [3.8, 4) is 5.75 Å². The van der Waals surface area contributed by atoms with Crippen LogP contribution in [0.3, 0.4) is 0 Å². The fraction of sp³-hybridized carbons (Fsp3) is 0.167. The number of methoxy groups -OCH3 is 1. The van der Waals surface area contributed by atoms with Gasteiger partial charge in [-0.2, -0.15) is 0 Å². The van der Waals surface area contributed by atoms with Crippen LogP contribution in [0.5, 0.6) is 5.75 Å². The molecule has 0 radical (unpaired) electrons. The molecular formula is C18H19NO. The molecule has 2 nitrogen and oxygen atoms in total. The van der Waals surface area contributed by atoms with Crippen LogP contribution in [0.25, 0.3) is 5.70 Å². The zero-order valence-corrected chi connectivity index (χ0v) is 12.1. The first kappa shape index (κ1) is 14.1. The van der Waals surface area contributed by atoms with E-state index in [-0.39, 0.29) is 0 Å². The van der Waals surface area contributed by atoms with Gasteiger partial charge in [-0.1, -0.05) is 35.9 Å². The van der Waals surface area contributed by atoms with E-state index in [9.17, 15) is 0 Å². The van der Waals surface area contributed by atoms with E-state index in [1.807, 2.05) is 60.8 Å². The fourth-order valence-electron chi connectivity index (χ4n) is 1.92. The predicted octanol–water partition coefficient (Wildman–Crippen LogP) is 4.57. The summed E-state index contributed by atoms with van der Waals surface area (Å²) in [5.41, 5.74) is 4.37. The molecule has 0 unspecified atom stereocenters. The van der Waals surface area contributed by atoms with Crippen molar-refractivity contribution in [3.05, 3.63) is 71.3 Å². The third kappa shape index (κ3) is 3.58. The second-order valence-electron chi connectivity index (χ2n) is 4.75. The van der Waals surface area contributed by atoms with Crippen molar-refractivity contribution in [1.82, 2.24) is 0 Å². The monoisotopic (exact) mass is 265 g/mol. The summed E-state index contributed by atoms with van der Waals surface area (Å²) < 4.78 is 5.18. The van der Waals surface area contributed by atoms with Gasteiger partial charge in [0.05, 0.1) is 12.8 Å². The maximum atomic E-state index is 5.18. The predicted molar refractivity (Wildman–Crippen MR) is 85.3 cm³/mol. The Morgan fingerprint density at radius 2 is 1.60 bits per heavy atom. The summed E-state index contributed by atoms with van der Waals surface area (Å²) in [6.45, 7) is 4.14. The summed E-state index contributed by atoms with van der Waals surface area (Å²) in [6, 6.07) is 18.1. The van der Waals surface area contributed by atoms with E-state index in [1.54, 1.807) is 7.11 Å². The minimum Gasteiger partial charge on any atom is -0.497 e. The molecule has 0 amide bonds. The Morgan fingerprint density at radius 3 is 2.15 bits per heavy atom. The van der Waals surface area contributed by atoms with E-state index in [0.717, 1.165) is 22.6 Å². The van der Waals surface area contributed by atoms with Crippen LogP contribution in [-0.2, 0) is 0 Å². The number of hydrogen-bond donors (Lipinski definition) is 0. The molecule has 2 aromatic rings. The SMILES string of the molecule is COc1ccc(C(N=Cc2ccccc2)=C(C)C)cc1. The lowest BCUT2D eigenvalue weighted by Gasteiger charge is -2.06. The Balaban J connectivity index is 2.28. The van der Waals surface area contributed by atoms with E-state index in [4.69, 9.17) is 4.74 Å². The van der Waals surface area contributed by atoms with Gasteiger partial charge in [-0.3, -0.25) is 4.99 Å². The molecule has 0 aliphatic carbocycles. The molecule has 0 bridgehead atoms. The normalized spacial score (nSPS) is 10.6. The smallest absolute Gasteiger partial charge is 0.118 e. The highest BCUT2D eigenvalue weighted by molar-refractivity contribution is 5.85. The number of rotatable bonds is 4. The Hall–Kier alpha value is -2.35.